The first kappa shape index (κ1) is 13.1. The van der Waals surface area contributed by atoms with Crippen LogP contribution in [0.15, 0.2) is 6.07 Å². The molecule has 9 heteroatoms. The van der Waals surface area contributed by atoms with Gasteiger partial charge >= 0.3 is 12.3 Å². The summed E-state index contributed by atoms with van der Waals surface area (Å²) in [5.41, 5.74) is -2.14. The molecule has 0 bridgehead atoms. The highest BCUT2D eigenvalue weighted by Gasteiger charge is 2.34. The highest BCUT2D eigenvalue weighted by Crippen LogP contribution is 2.29. The van der Waals surface area contributed by atoms with Gasteiger partial charge in [0.25, 0.3) is 0 Å². The maximum atomic E-state index is 12.7. The van der Waals surface area contributed by atoms with Crippen molar-refractivity contribution in [3.8, 4) is 5.75 Å². The molecule has 0 spiro atoms. The summed E-state index contributed by atoms with van der Waals surface area (Å²) >= 11 is 0. The van der Waals surface area contributed by atoms with Gasteiger partial charge in [-0.2, -0.15) is 4.39 Å². The molecular formula is C8H4F5NO3. The predicted molar refractivity (Wildman–Crippen MR) is 42.6 cm³/mol. The van der Waals surface area contributed by atoms with Crippen LogP contribution >= 0.6 is 0 Å². The van der Waals surface area contributed by atoms with Gasteiger partial charge in [-0.1, -0.05) is 0 Å². The van der Waals surface area contributed by atoms with Crippen molar-refractivity contribution in [3.05, 3.63) is 23.3 Å². The van der Waals surface area contributed by atoms with Crippen molar-refractivity contribution in [2.45, 2.75) is 13.0 Å². The summed E-state index contributed by atoms with van der Waals surface area (Å²) in [6.07, 6.45) is -5.22. The molecule has 0 unspecified atom stereocenters. The highest BCUT2D eigenvalue weighted by atomic mass is 19.4. The third-order valence-corrected chi connectivity index (χ3v) is 1.59. The number of halogens is 5. The van der Waals surface area contributed by atoms with Crippen LogP contribution in [-0.4, -0.2) is 22.4 Å². The highest BCUT2D eigenvalue weighted by molar-refractivity contribution is 5.92. The summed E-state index contributed by atoms with van der Waals surface area (Å²) in [6, 6.07) is 0.121. The van der Waals surface area contributed by atoms with Gasteiger partial charge in [0.2, 0.25) is 5.95 Å². The number of pyridine rings is 1. The normalized spacial score (nSPS) is 11.4. The van der Waals surface area contributed by atoms with E-state index in [4.69, 9.17) is 5.11 Å². The molecule has 1 heterocycles. The molecule has 1 rings (SSSR count). The van der Waals surface area contributed by atoms with Crippen LogP contribution < -0.4 is 4.74 Å². The topological polar surface area (TPSA) is 59.4 Å². The van der Waals surface area contributed by atoms with Crippen LogP contribution in [0.5, 0.6) is 5.75 Å². The van der Waals surface area contributed by atoms with Crippen molar-refractivity contribution in [2.75, 3.05) is 0 Å². The lowest BCUT2D eigenvalue weighted by Crippen LogP contribution is -2.20. The Morgan fingerprint density at radius 3 is 2.47 bits per heavy atom. The fourth-order valence-corrected chi connectivity index (χ4v) is 1.07. The fraction of sp³-hybridized carbons (Fsp3) is 0.250. The van der Waals surface area contributed by atoms with Crippen LogP contribution in [0.3, 0.4) is 0 Å². The van der Waals surface area contributed by atoms with Crippen molar-refractivity contribution in [3.63, 3.8) is 0 Å². The molecule has 0 saturated carbocycles. The molecule has 17 heavy (non-hydrogen) atoms. The van der Waals surface area contributed by atoms with Crippen LogP contribution in [-0.2, 0) is 6.67 Å². The van der Waals surface area contributed by atoms with Gasteiger partial charge in [0.15, 0.2) is 5.75 Å². The number of ether oxygens (including phenoxy) is 1. The van der Waals surface area contributed by atoms with E-state index in [-0.39, 0.29) is 6.07 Å². The van der Waals surface area contributed by atoms with Gasteiger partial charge < -0.3 is 9.84 Å². The summed E-state index contributed by atoms with van der Waals surface area (Å²) in [6.45, 7) is -1.53. The number of aromatic carboxylic acids is 1. The second-order valence-electron chi connectivity index (χ2n) is 2.75. The molecule has 0 aliphatic heterocycles. The van der Waals surface area contributed by atoms with E-state index in [1.54, 1.807) is 0 Å². The number of aromatic nitrogens is 1. The van der Waals surface area contributed by atoms with Gasteiger partial charge in [-0.25, -0.2) is 14.2 Å². The standard InChI is InChI=1S/C8H4F5NO3/c9-2-3-6(7(15)16)4(1-5(10)14-3)17-8(11,12)13/h1H,2H2,(H,15,16). The van der Waals surface area contributed by atoms with E-state index in [2.05, 4.69) is 9.72 Å². The van der Waals surface area contributed by atoms with E-state index >= 15 is 0 Å². The second kappa shape index (κ2) is 4.52. The third-order valence-electron chi connectivity index (χ3n) is 1.59. The van der Waals surface area contributed by atoms with Crippen molar-refractivity contribution in [1.82, 2.24) is 4.98 Å². The molecule has 4 nitrogen and oxygen atoms in total. The number of carboxylic acid groups (broad SMARTS) is 1. The SMILES string of the molecule is O=C(O)c1c(OC(F)(F)F)cc(F)nc1CF. The zero-order chi connectivity index (χ0) is 13.2. The molecule has 0 aromatic carbocycles. The smallest absolute Gasteiger partial charge is 0.477 e. The Balaban J connectivity index is 3.35. The maximum absolute atomic E-state index is 12.7. The van der Waals surface area contributed by atoms with Crippen LogP contribution in [0.25, 0.3) is 0 Å². The Hall–Kier alpha value is -1.93. The quantitative estimate of drug-likeness (QED) is 0.666. The first-order valence-corrected chi connectivity index (χ1v) is 3.99. The van der Waals surface area contributed by atoms with Crippen molar-refractivity contribution in [2.24, 2.45) is 0 Å². The van der Waals surface area contributed by atoms with E-state index in [1.165, 1.54) is 0 Å². The molecule has 0 saturated heterocycles. The van der Waals surface area contributed by atoms with Gasteiger partial charge in [-0.15, -0.1) is 13.2 Å². The number of carboxylic acids is 1. The van der Waals surface area contributed by atoms with Gasteiger partial charge in [0, 0.05) is 6.07 Å². The number of carbonyl (C=O) groups is 1. The summed E-state index contributed by atoms with van der Waals surface area (Å²) in [7, 11) is 0. The van der Waals surface area contributed by atoms with Crippen LogP contribution in [0.4, 0.5) is 22.0 Å². The average Bonchev–Trinajstić information content (AvgIpc) is 2.12. The molecule has 1 aromatic rings. The summed E-state index contributed by atoms with van der Waals surface area (Å²) in [5.74, 6) is -4.71. The molecule has 0 fully saturated rings. The summed E-state index contributed by atoms with van der Waals surface area (Å²) in [5, 5.41) is 8.59. The molecule has 0 aliphatic rings. The van der Waals surface area contributed by atoms with E-state index in [0.717, 1.165) is 0 Å². The Morgan fingerprint density at radius 2 is 2.06 bits per heavy atom. The zero-order valence-electron chi connectivity index (χ0n) is 7.89. The van der Waals surface area contributed by atoms with Crippen molar-refractivity contribution < 1.29 is 36.6 Å². The van der Waals surface area contributed by atoms with Crippen LogP contribution in [0, 0.1) is 5.95 Å². The summed E-state index contributed by atoms with van der Waals surface area (Å²) < 4.78 is 64.0. The third kappa shape index (κ3) is 3.26. The molecular weight excluding hydrogens is 253 g/mol. The lowest BCUT2D eigenvalue weighted by atomic mass is 10.2. The second-order valence-corrected chi connectivity index (χ2v) is 2.75. The largest absolute Gasteiger partial charge is 0.573 e. The van der Waals surface area contributed by atoms with Gasteiger partial charge in [0.05, 0.1) is 5.69 Å². The predicted octanol–water partition coefficient (Wildman–Crippen LogP) is 2.29. The van der Waals surface area contributed by atoms with Gasteiger partial charge in [-0.3, -0.25) is 0 Å². The Kier molecular flexibility index (Phi) is 3.49. The lowest BCUT2D eigenvalue weighted by Gasteiger charge is -2.12. The first-order chi connectivity index (χ1) is 7.74. The Morgan fingerprint density at radius 1 is 1.47 bits per heavy atom. The number of nitrogens with zero attached hydrogens (tertiary/aromatic N) is 1. The number of hydrogen-bond acceptors (Lipinski definition) is 3. The molecule has 0 amide bonds. The monoisotopic (exact) mass is 257 g/mol. The lowest BCUT2D eigenvalue weighted by molar-refractivity contribution is -0.274. The molecule has 1 aromatic heterocycles. The summed E-state index contributed by atoms with van der Waals surface area (Å²) in [4.78, 5) is 13.5. The molecule has 0 aliphatic carbocycles. The van der Waals surface area contributed by atoms with E-state index in [1.807, 2.05) is 0 Å². The van der Waals surface area contributed by atoms with E-state index in [0.29, 0.717) is 0 Å². The van der Waals surface area contributed by atoms with Crippen molar-refractivity contribution in [1.29, 1.82) is 0 Å². The van der Waals surface area contributed by atoms with Gasteiger partial charge in [-0.05, 0) is 0 Å². The van der Waals surface area contributed by atoms with Gasteiger partial charge in [0.1, 0.15) is 12.2 Å². The van der Waals surface area contributed by atoms with E-state index < -0.39 is 42.0 Å². The zero-order valence-corrected chi connectivity index (χ0v) is 7.89. The number of alkyl halides is 4. The minimum Gasteiger partial charge on any atom is -0.477 e. The Bertz CT molecular complexity index is 446. The average molecular weight is 257 g/mol. The minimum absolute atomic E-state index is 0.121. The molecule has 0 radical (unpaired) electrons. The van der Waals surface area contributed by atoms with E-state index in [9.17, 15) is 26.7 Å². The molecule has 1 N–H and O–H groups in total. The molecule has 94 valence electrons. The Labute approximate surface area is 90.6 Å². The van der Waals surface area contributed by atoms with Crippen LogP contribution in [0.1, 0.15) is 16.1 Å². The number of hydrogen-bond donors (Lipinski definition) is 1. The first-order valence-electron chi connectivity index (χ1n) is 3.99. The maximum Gasteiger partial charge on any atom is 0.573 e. The minimum atomic E-state index is -5.22. The molecule has 0 atom stereocenters. The van der Waals surface area contributed by atoms with Crippen molar-refractivity contribution >= 4 is 5.97 Å². The fourth-order valence-electron chi connectivity index (χ4n) is 1.07. The van der Waals surface area contributed by atoms with Crippen LogP contribution in [0.2, 0.25) is 0 Å². The number of rotatable bonds is 3.